The zero-order valence-electron chi connectivity index (χ0n) is 15.6. The van der Waals surface area contributed by atoms with Gasteiger partial charge in [-0.25, -0.2) is 8.78 Å². The highest BCUT2D eigenvalue weighted by Gasteiger charge is 2.16. The van der Waals surface area contributed by atoms with Crippen molar-refractivity contribution in [3.63, 3.8) is 0 Å². The smallest absolute Gasteiger partial charge is 0.326 e. The standard InChI is InChI=1S/C23H15F2NO4/c24-17-10-9-14(11-18(17)25)21(27)13-30-22(28)12-26-19-7-3-1-5-15(19)23(29)16-6-2-4-8-20(16)26/h1-11H,12-13H2. The Balaban J connectivity index is 1.60. The number of rotatable bonds is 5. The molecule has 1 aromatic heterocycles. The summed E-state index contributed by atoms with van der Waals surface area (Å²) in [6.07, 6.45) is 0. The number of pyridine rings is 1. The largest absolute Gasteiger partial charge is 0.456 e. The van der Waals surface area contributed by atoms with Gasteiger partial charge in [0.05, 0.1) is 11.0 Å². The first-order chi connectivity index (χ1) is 14.5. The van der Waals surface area contributed by atoms with Crippen LogP contribution in [0.3, 0.4) is 0 Å². The number of nitrogens with zero attached hydrogens (tertiary/aromatic N) is 1. The normalized spacial score (nSPS) is 11.0. The maximum Gasteiger partial charge on any atom is 0.326 e. The number of halogens is 2. The number of ether oxygens (including phenoxy) is 1. The molecule has 7 heteroatoms. The summed E-state index contributed by atoms with van der Waals surface area (Å²) in [6, 6.07) is 16.5. The Morgan fingerprint density at radius 1 is 0.833 bits per heavy atom. The minimum absolute atomic E-state index is 0.0963. The van der Waals surface area contributed by atoms with Gasteiger partial charge in [-0.1, -0.05) is 24.3 Å². The van der Waals surface area contributed by atoms with Crippen LogP contribution in [0.2, 0.25) is 0 Å². The van der Waals surface area contributed by atoms with Crippen molar-refractivity contribution in [3.8, 4) is 0 Å². The molecule has 30 heavy (non-hydrogen) atoms. The van der Waals surface area contributed by atoms with Crippen molar-refractivity contribution in [2.75, 3.05) is 6.61 Å². The molecular weight excluding hydrogens is 392 g/mol. The number of fused-ring (bicyclic) bond motifs is 2. The lowest BCUT2D eigenvalue weighted by Crippen LogP contribution is -2.21. The van der Waals surface area contributed by atoms with E-state index in [1.54, 1.807) is 53.1 Å². The van der Waals surface area contributed by atoms with Crippen LogP contribution in [-0.2, 0) is 16.1 Å². The third-order valence-corrected chi connectivity index (χ3v) is 4.77. The summed E-state index contributed by atoms with van der Waals surface area (Å²) < 4.78 is 33.0. The highest BCUT2D eigenvalue weighted by atomic mass is 19.2. The first kappa shape index (κ1) is 19.4. The molecule has 0 amide bonds. The number of hydrogen-bond donors (Lipinski definition) is 0. The molecule has 0 saturated heterocycles. The molecule has 1 heterocycles. The number of esters is 1. The van der Waals surface area contributed by atoms with Gasteiger partial charge < -0.3 is 9.30 Å². The van der Waals surface area contributed by atoms with Crippen molar-refractivity contribution in [1.82, 2.24) is 4.57 Å². The third kappa shape index (κ3) is 3.57. The van der Waals surface area contributed by atoms with Crippen LogP contribution in [-0.4, -0.2) is 22.9 Å². The van der Waals surface area contributed by atoms with Gasteiger partial charge in [0, 0.05) is 16.3 Å². The number of carbonyl (C=O) groups excluding carboxylic acids is 2. The van der Waals surface area contributed by atoms with E-state index in [2.05, 4.69) is 0 Å². The molecule has 0 N–H and O–H groups in total. The van der Waals surface area contributed by atoms with Crippen molar-refractivity contribution in [2.45, 2.75) is 6.54 Å². The topological polar surface area (TPSA) is 65.4 Å². The van der Waals surface area contributed by atoms with Crippen molar-refractivity contribution in [1.29, 1.82) is 0 Å². The Labute approximate surface area is 169 Å². The Bertz CT molecular complexity index is 1300. The van der Waals surface area contributed by atoms with Crippen molar-refractivity contribution in [3.05, 3.63) is 94.2 Å². The van der Waals surface area contributed by atoms with E-state index in [1.807, 2.05) is 0 Å². The summed E-state index contributed by atoms with van der Waals surface area (Å²) >= 11 is 0. The maximum absolute atomic E-state index is 13.3. The second-order valence-electron chi connectivity index (χ2n) is 6.66. The molecule has 3 aromatic carbocycles. The van der Waals surface area contributed by atoms with E-state index in [0.29, 0.717) is 21.8 Å². The molecule has 0 atom stereocenters. The molecule has 0 aliphatic carbocycles. The van der Waals surface area contributed by atoms with Gasteiger partial charge >= 0.3 is 5.97 Å². The zero-order valence-corrected chi connectivity index (χ0v) is 15.6. The van der Waals surface area contributed by atoms with Crippen LogP contribution in [0.25, 0.3) is 21.8 Å². The molecule has 0 saturated carbocycles. The van der Waals surface area contributed by atoms with Crippen LogP contribution in [0.4, 0.5) is 8.78 Å². The fourth-order valence-electron chi connectivity index (χ4n) is 3.32. The lowest BCUT2D eigenvalue weighted by atomic mass is 10.1. The molecule has 0 bridgehead atoms. The number of hydrogen-bond acceptors (Lipinski definition) is 4. The molecule has 5 nitrogen and oxygen atoms in total. The molecule has 0 aliphatic rings. The summed E-state index contributed by atoms with van der Waals surface area (Å²) in [7, 11) is 0. The van der Waals surface area contributed by atoms with Gasteiger partial charge in [-0.2, -0.15) is 0 Å². The van der Waals surface area contributed by atoms with Gasteiger partial charge in [-0.15, -0.1) is 0 Å². The number of benzene rings is 3. The second kappa shape index (κ2) is 7.87. The average molecular weight is 407 g/mol. The minimum atomic E-state index is -1.15. The average Bonchev–Trinajstić information content (AvgIpc) is 2.77. The summed E-state index contributed by atoms with van der Waals surface area (Å²) in [5.74, 6) is -3.58. The van der Waals surface area contributed by atoms with E-state index in [4.69, 9.17) is 4.74 Å². The molecule has 0 spiro atoms. The molecule has 0 fully saturated rings. The van der Waals surface area contributed by atoms with Gasteiger partial charge in [0.1, 0.15) is 6.54 Å². The quantitative estimate of drug-likeness (QED) is 0.286. The number of para-hydroxylation sites is 2. The summed E-state index contributed by atoms with van der Waals surface area (Å²) in [6.45, 7) is -0.841. The van der Waals surface area contributed by atoms with Crippen LogP contribution >= 0.6 is 0 Å². The molecular formula is C23H15F2NO4. The van der Waals surface area contributed by atoms with Crippen molar-refractivity contribution >= 4 is 33.6 Å². The van der Waals surface area contributed by atoms with Crippen LogP contribution < -0.4 is 5.43 Å². The Kier molecular flexibility index (Phi) is 5.10. The maximum atomic E-state index is 13.3. The Morgan fingerprint density at radius 3 is 2.03 bits per heavy atom. The molecule has 4 rings (SSSR count). The van der Waals surface area contributed by atoms with E-state index >= 15 is 0 Å². The predicted molar refractivity (Wildman–Crippen MR) is 107 cm³/mol. The molecule has 0 aliphatic heterocycles. The second-order valence-corrected chi connectivity index (χ2v) is 6.66. The van der Waals surface area contributed by atoms with Crippen LogP contribution in [0, 0.1) is 11.6 Å². The lowest BCUT2D eigenvalue weighted by molar-refractivity contribution is -0.143. The first-order valence-corrected chi connectivity index (χ1v) is 9.10. The summed E-state index contributed by atoms with van der Waals surface area (Å²) in [5, 5.41) is 0.920. The highest BCUT2D eigenvalue weighted by Crippen LogP contribution is 2.19. The van der Waals surface area contributed by atoms with E-state index in [1.165, 1.54) is 0 Å². The van der Waals surface area contributed by atoms with Gasteiger partial charge in [0.2, 0.25) is 0 Å². The van der Waals surface area contributed by atoms with E-state index < -0.39 is 30.0 Å². The molecule has 150 valence electrons. The third-order valence-electron chi connectivity index (χ3n) is 4.77. The Hall–Kier alpha value is -3.87. The van der Waals surface area contributed by atoms with Crippen LogP contribution in [0.1, 0.15) is 10.4 Å². The summed E-state index contributed by atoms with van der Waals surface area (Å²) in [4.78, 5) is 37.3. The van der Waals surface area contributed by atoms with Crippen LogP contribution in [0.15, 0.2) is 71.5 Å². The number of aromatic nitrogens is 1. The van der Waals surface area contributed by atoms with Crippen molar-refractivity contribution in [2.24, 2.45) is 0 Å². The Morgan fingerprint density at radius 2 is 1.43 bits per heavy atom. The number of ketones is 1. The van der Waals surface area contributed by atoms with E-state index in [0.717, 1.165) is 18.2 Å². The monoisotopic (exact) mass is 407 g/mol. The van der Waals surface area contributed by atoms with E-state index in [-0.39, 0.29) is 17.5 Å². The van der Waals surface area contributed by atoms with Crippen LogP contribution in [0.5, 0.6) is 0 Å². The van der Waals surface area contributed by atoms with E-state index in [9.17, 15) is 23.2 Å². The number of carbonyl (C=O) groups is 2. The first-order valence-electron chi connectivity index (χ1n) is 9.10. The van der Waals surface area contributed by atoms with Gasteiger partial charge in [0.25, 0.3) is 0 Å². The van der Waals surface area contributed by atoms with Gasteiger partial charge in [-0.05, 0) is 42.5 Å². The van der Waals surface area contributed by atoms with Gasteiger partial charge in [0.15, 0.2) is 29.5 Å². The SMILES string of the molecule is O=C(Cn1c2ccccc2c(=O)c2ccccc21)OCC(=O)c1ccc(F)c(F)c1. The molecule has 4 aromatic rings. The summed E-state index contributed by atoms with van der Waals surface area (Å²) in [5.41, 5.74) is 0.885. The predicted octanol–water partition coefficient (Wildman–Crippen LogP) is 3.86. The molecule has 0 radical (unpaired) electrons. The fourth-order valence-corrected chi connectivity index (χ4v) is 3.32. The number of Topliss-reactive ketones (excluding diaryl/α,β-unsaturated/α-hetero) is 1. The molecule has 0 unspecified atom stereocenters. The highest BCUT2D eigenvalue weighted by molar-refractivity contribution is 5.98. The lowest BCUT2D eigenvalue weighted by Gasteiger charge is -2.14. The zero-order chi connectivity index (χ0) is 21.3. The van der Waals surface area contributed by atoms with Gasteiger partial charge in [-0.3, -0.25) is 14.4 Å². The minimum Gasteiger partial charge on any atom is -0.456 e. The van der Waals surface area contributed by atoms with Crippen molar-refractivity contribution < 1.29 is 23.1 Å². The fraction of sp³-hybridized carbons (Fsp3) is 0.0870.